The predicted molar refractivity (Wildman–Crippen MR) is 117 cm³/mol. The van der Waals surface area contributed by atoms with E-state index in [4.69, 9.17) is 33.1 Å². The van der Waals surface area contributed by atoms with Crippen molar-refractivity contribution in [1.29, 1.82) is 0 Å². The molecule has 0 amide bonds. The van der Waals surface area contributed by atoms with Crippen LogP contribution in [0.1, 0.15) is 23.6 Å². The number of carboxylic acid groups (broad SMARTS) is 1. The fraction of sp³-hybridized carbons (Fsp3) is 0.130. The van der Waals surface area contributed by atoms with Crippen LogP contribution in [0.4, 0.5) is 0 Å². The highest BCUT2D eigenvalue weighted by Gasteiger charge is 2.05. The summed E-state index contributed by atoms with van der Waals surface area (Å²) in [5, 5.41) is 14.1. The van der Waals surface area contributed by atoms with Gasteiger partial charge in [0.1, 0.15) is 6.61 Å². The Bertz CT molecular complexity index is 1050. The zero-order chi connectivity index (χ0) is 20.8. The third kappa shape index (κ3) is 5.83. The maximum atomic E-state index is 10.9. The number of hydrogen-bond acceptors (Lipinski definition) is 3. The average Bonchev–Trinajstić information content (AvgIpc) is 2.70. The van der Waals surface area contributed by atoms with Crippen molar-refractivity contribution in [3.05, 3.63) is 93.5 Å². The molecule has 3 aromatic rings. The number of benzene rings is 3. The first-order valence-electron chi connectivity index (χ1n) is 8.94. The molecule has 6 heteroatoms. The predicted octanol–water partition coefficient (Wildman–Crippen LogP) is 6.23. The zero-order valence-electron chi connectivity index (χ0n) is 15.7. The molecule has 0 fully saturated rings. The zero-order valence-corrected chi connectivity index (χ0v) is 17.2. The van der Waals surface area contributed by atoms with Crippen molar-refractivity contribution in [2.75, 3.05) is 0 Å². The van der Waals surface area contributed by atoms with E-state index in [1.54, 1.807) is 12.1 Å². The van der Waals surface area contributed by atoms with E-state index in [1.807, 2.05) is 61.5 Å². The first-order chi connectivity index (χ1) is 13.9. The van der Waals surface area contributed by atoms with Gasteiger partial charge < -0.3 is 9.94 Å². The molecule has 0 saturated carbocycles. The molecule has 1 N–H and O–H groups in total. The Morgan fingerprint density at radius 3 is 2.38 bits per heavy atom. The van der Waals surface area contributed by atoms with E-state index in [1.165, 1.54) is 0 Å². The van der Waals surface area contributed by atoms with Crippen molar-refractivity contribution in [3.8, 4) is 11.1 Å². The molecule has 0 aliphatic carbocycles. The van der Waals surface area contributed by atoms with Gasteiger partial charge in [-0.05, 0) is 46.9 Å². The molecule has 0 aliphatic rings. The normalized spacial score (nSPS) is 11.3. The Hall–Kier alpha value is -2.82. The van der Waals surface area contributed by atoms with Crippen molar-refractivity contribution in [2.24, 2.45) is 5.16 Å². The van der Waals surface area contributed by atoms with Crippen LogP contribution in [0.15, 0.2) is 71.9 Å². The topological polar surface area (TPSA) is 58.9 Å². The van der Waals surface area contributed by atoms with Gasteiger partial charge in [0.2, 0.25) is 0 Å². The minimum atomic E-state index is -0.842. The first-order valence-corrected chi connectivity index (χ1v) is 9.70. The lowest BCUT2D eigenvalue weighted by atomic mass is 10.00. The van der Waals surface area contributed by atoms with Gasteiger partial charge in [0.05, 0.1) is 22.2 Å². The Kier molecular flexibility index (Phi) is 6.91. The van der Waals surface area contributed by atoms with E-state index in [-0.39, 0.29) is 6.42 Å². The molecule has 0 bridgehead atoms. The van der Waals surface area contributed by atoms with Crippen molar-refractivity contribution in [2.45, 2.75) is 20.0 Å². The van der Waals surface area contributed by atoms with Crippen molar-refractivity contribution in [3.63, 3.8) is 0 Å². The fourth-order valence-electron chi connectivity index (χ4n) is 2.83. The van der Waals surface area contributed by atoms with Crippen LogP contribution in [0.25, 0.3) is 11.1 Å². The Morgan fingerprint density at radius 1 is 0.931 bits per heavy atom. The largest absolute Gasteiger partial charge is 0.481 e. The van der Waals surface area contributed by atoms with Gasteiger partial charge in [0.25, 0.3) is 0 Å². The van der Waals surface area contributed by atoms with Crippen LogP contribution in [0, 0.1) is 0 Å². The molecule has 0 atom stereocenters. The average molecular weight is 428 g/mol. The molecular formula is C23H19Cl2NO3. The molecule has 0 aliphatic heterocycles. The number of nitrogens with zero attached hydrogens (tertiary/aromatic N) is 1. The monoisotopic (exact) mass is 427 g/mol. The maximum absolute atomic E-state index is 10.9. The molecule has 0 radical (unpaired) electrons. The van der Waals surface area contributed by atoms with Crippen molar-refractivity contribution >= 4 is 34.9 Å². The van der Waals surface area contributed by atoms with Gasteiger partial charge in [-0.3, -0.25) is 4.79 Å². The Balaban J connectivity index is 1.66. The summed E-state index contributed by atoms with van der Waals surface area (Å²) in [5.74, 6) is -0.842. The summed E-state index contributed by atoms with van der Waals surface area (Å²) in [6.45, 7) is 2.17. The van der Waals surface area contributed by atoms with Crippen molar-refractivity contribution < 1.29 is 14.7 Å². The van der Waals surface area contributed by atoms with E-state index in [9.17, 15) is 4.79 Å². The van der Waals surface area contributed by atoms with E-state index >= 15 is 0 Å². The quantitative estimate of drug-likeness (QED) is 0.359. The van der Waals surface area contributed by atoms with Gasteiger partial charge in [-0.1, -0.05) is 83.0 Å². The molecule has 3 aromatic carbocycles. The van der Waals surface area contributed by atoms with Crippen LogP contribution < -0.4 is 0 Å². The number of rotatable bonds is 7. The molecule has 0 heterocycles. The lowest BCUT2D eigenvalue weighted by Gasteiger charge is -2.07. The number of aliphatic carboxylic acids is 1. The Morgan fingerprint density at radius 2 is 1.69 bits per heavy atom. The highest BCUT2D eigenvalue weighted by Crippen LogP contribution is 2.23. The second-order valence-electron chi connectivity index (χ2n) is 6.55. The third-order valence-electron chi connectivity index (χ3n) is 4.34. The van der Waals surface area contributed by atoms with Crippen molar-refractivity contribution in [1.82, 2.24) is 0 Å². The first kappa shape index (κ1) is 20.9. The van der Waals surface area contributed by atoms with Crippen LogP contribution in [-0.4, -0.2) is 16.8 Å². The van der Waals surface area contributed by atoms with Gasteiger partial charge >= 0.3 is 5.97 Å². The second-order valence-corrected chi connectivity index (χ2v) is 7.36. The van der Waals surface area contributed by atoms with E-state index < -0.39 is 5.97 Å². The molecule has 0 unspecified atom stereocenters. The number of carboxylic acids is 1. The van der Waals surface area contributed by atoms with Crippen LogP contribution in [0.3, 0.4) is 0 Å². The minimum Gasteiger partial charge on any atom is -0.481 e. The molecule has 148 valence electrons. The molecule has 29 heavy (non-hydrogen) atoms. The van der Waals surface area contributed by atoms with E-state index in [0.29, 0.717) is 16.7 Å². The summed E-state index contributed by atoms with van der Waals surface area (Å²) in [6, 6.07) is 20.7. The molecule has 3 rings (SSSR count). The third-order valence-corrected chi connectivity index (χ3v) is 5.07. The highest BCUT2D eigenvalue weighted by atomic mass is 35.5. The highest BCUT2D eigenvalue weighted by molar-refractivity contribution is 6.42. The van der Waals surface area contributed by atoms with Crippen LogP contribution in [0.5, 0.6) is 0 Å². The number of carbonyl (C=O) groups is 1. The molecule has 4 nitrogen and oxygen atoms in total. The molecule has 0 spiro atoms. The maximum Gasteiger partial charge on any atom is 0.307 e. The van der Waals surface area contributed by atoms with Crippen LogP contribution in [-0.2, 0) is 22.7 Å². The van der Waals surface area contributed by atoms with E-state index in [0.717, 1.165) is 33.5 Å². The fourth-order valence-corrected chi connectivity index (χ4v) is 3.15. The summed E-state index contributed by atoms with van der Waals surface area (Å²) in [7, 11) is 0. The number of oxime groups is 1. The lowest BCUT2D eigenvalue weighted by molar-refractivity contribution is -0.136. The standard InChI is InChI=1S/C23H19Cl2NO3/c1-15(26-29-14-17-5-10-21(24)22(25)12-17)18-6-8-19(9-7-18)20-4-2-3-16(11-20)13-23(27)28/h2-12H,13-14H2,1H3,(H,27,28). The number of hydrogen-bond donors (Lipinski definition) is 1. The summed E-state index contributed by atoms with van der Waals surface area (Å²) in [6.07, 6.45) is 0.00780. The second kappa shape index (κ2) is 9.59. The number of halogens is 2. The summed E-state index contributed by atoms with van der Waals surface area (Å²) in [5.41, 5.74) is 5.31. The van der Waals surface area contributed by atoms with E-state index in [2.05, 4.69) is 5.16 Å². The Labute approximate surface area is 179 Å². The van der Waals surface area contributed by atoms with Gasteiger partial charge in [-0.25, -0.2) is 0 Å². The molecule has 0 saturated heterocycles. The molecule has 0 aromatic heterocycles. The summed E-state index contributed by atoms with van der Waals surface area (Å²) < 4.78 is 0. The minimum absolute atomic E-state index is 0.00780. The van der Waals surface area contributed by atoms with Gasteiger partial charge in [0, 0.05) is 0 Å². The van der Waals surface area contributed by atoms with Gasteiger partial charge in [-0.2, -0.15) is 0 Å². The summed E-state index contributed by atoms with van der Waals surface area (Å²) in [4.78, 5) is 16.3. The summed E-state index contributed by atoms with van der Waals surface area (Å²) >= 11 is 11.9. The smallest absolute Gasteiger partial charge is 0.307 e. The van der Waals surface area contributed by atoms with Gasteiger partial charge in [0.15, 0.2) is 0 Å². The van der Waals surface area contributed by atoms with Gasteiger partial charge in [-0.15, -0.1) is 0 Å². The molecular weight excluding hydrogens is 409 g/mol. The lowest BCUT2D eigenvalue weighted by Crippen LogP contribution is -2.00. The van der Waals surface area contributed by atoms with Crippen LogP contribution in [0.2, 0.25) is 10.0 Å². The SMILES string of the molecule is CC(=NOCc1ccc(Cl)c(Cl)c1)c1ccc(-c2cccc(CC(=O)O)c2)cc1. The van der Waals surface area contributed by atoms with Crippen LogP contribution >= 0.6 is 23.2 Å².